The molecule has 0 spiro atoms. The van der Waals surface area contributed by atoms with Crippen LogP contribution in [0.2, 0.25) is 0 Å². The summed E-state index contributed by atoms with van der Waals surface area (Å²) in [6, 6.07) is -0.523. The topological polar surface area (TPSA) is 79.5 Å². The molecule has 3 N–H and O–H groups in total. The highest BCUT2D eigenvalue weighted by Crippen LogP contribution is 2.22. The Kier molecular flexibility index (Phi) is 5.37. The van der Waals surface area contributed by atoms with Crippen LogP contribution in [0.4, 0.5) is 4.79 Å². The van der Waals surface area contributed by atoms with Crippen molar-refractivity contribution in [3.8, 4) is 0 Å². The van der Waals surface area contributed by atoms with Crippen molar-refractivity contribution in [3.63, 3.8) is 0 Å². The normalized spacial score (nSPS) is 24.6. The van der Waals surface area contributed by atoms with Gasteiger partial charge in [0.15, 0.2) is 0 Å². The van der Waals surface area contributed by atoms with Crippen LogP contribution < -0.4 is 16.0 Å². The lowest BCUT2D eigenvalue weighted by molar-refractivity contribution is -0.122. The molecule has 1 unspecified atom stereocenters. The van der Waals surface area contributed by atoms with Gasteiger partial charge in [0, 0.05) is 19.7 Å². The van der Waals surface area contributed by atoms with Gasteiger partial charge in [0.2, 0.25) is 5.91 Å². The van der Waals surface area contributed by atoms with Crippen molar-refractivity contribution < 1.29 is 14.3 Å². The number of carbonyl (C=O) groups excluding carboxylic acids is 2. The zero-order valence-corrected chi connectivity index (χ0v) is 10.6. The van der Waals surface area contributed by atoms with E-state index in [1.807, 2.05) is 0 Å². The van der Waals surface area contributed by atoms with Gasteiger partial charge in [0.25, 0.3) is 0 Å². The largest absolute Gasteiger partial charge is 0.381 e. The number of amides is 3. The summed E-state index contributed by atoms with van der Waals surface area (Å²) in [6.07, 6.45) is 2.12. The minimum absolute atomic E-state index is 0.297. The van der Waals surface area contributed by atoms with Crippen LogP contribution in [0.25, 0.3) is 0 Å². The van der Waals surface area contributed by atoms with E-state index in [1.54, 1.807) is 21.0 Å². The van der Waals surface area contributed by atoms with E-state index in [4.69, 9.17) is 4.74 Å². The van der Waals surface area contributed by atoms with E-state index in [-0.39, 0.29) is 11.9 Å². The summed E-state index contributed by atoms with van der Waals surface area (Å²) in [5.74, 6) is -0.309. The Bertz CT molecular complexity index is 277. The van der Waals surface area contributed by atoms with Crippen LogP contribution in [0.5, 0.6) is 0 Å². The van der Waals surface area contributed by atoms with Gasteiger partial charge < -0.3 is 15.4 Å². The number of hydrogen-bond acceptors (Lipinski definition) is 4. The fourth-order valence-electron chi connectivity index (χ4n) is 1.75. The van der Waals surface area contributed by atoms with Crippen LogP contribution in [0.1, 0.15) is 26.7 Å². The first-order valence-electron chi connectivity index (χ1n) is 5.94. The van der Waals surface area contributed by atoms with E-state index in [0.717, 1.165) is 12.8 Å². The number of urea groups is 1. The van der Waals surface area contributed by atoms with Crippen LogP contribution in [0.15, 0.2) is 0 Å². The molecule has 6 nitrogen and oxygen atoms in total. The van der Waals surface area contributed by atoms with E-state index in [9.17, 15) is 9.59 Å². The summed E-state index contributed by atoms with van der Waals surface area (Å²) in [5.41, 5.74) is 0. The molecule has 1 fully saturated rings. The third kappa shape index (κ3) is 4.32. The highest BCUT2D eigenvalue weighted by molar-refractivity contribution is 5.96. The molecule has 1 atom stereocenters. The van der Waals surface area contributed by atoms with Crippen LogP contribution in [-0.4, -0.2) is 43.8 Å². The third-order valence-corrected chi connectivity index (χ3v) is 2.88. The molecule has 0 radical (unpaired) electrons. The molecule has 1 rings (SSSR count). The standard InChI is InChI=1S/C11H21N3O3/c1-4-12-11(16)14-10(15)7(2)13-8-5-9(6-8)17-3/h7-9,13H,4-6H2,1-3H3,(H2,12,14,15,16). The van der Waals surface area contributed by atoms with Gasteiger partial charge >= 0.3 is 6.03 Å². The summed E-state index contributed by atoms with van der Waals surface area (Å²) in [4.78, 5) is 22.7. The van der Waals surface area contributed by atoms with E-state index >= 15 is 0 Å². The number of rotatable bonds is 5. The predicted molar refractivity (Wildman–Crippen MR) is 63.6 cm³/mol. The van der Waals surface area contributed by atoms with E-state index < -0.39 is 6.03 Å². The minimum atomic E-state index is -0.450. The maximum absolute atomic E-state index is 11.6. The van der Waals surface area contributed by atoms with Gasteiger partial charge in [0.1, 0.15) is 0 Å². The van der Waals surface area contributed by atoms with Gasteiger partial charge in [-0.25, -0.2) is 4.79 Å². The lowest BCUT2D eigenvalue weighted by atomic mass is 9.88. The smallest absolute Gasteiger partial charge is 0.321 e. The zero-order chi connectivity index (χ0) is 12.8. The Morgan fingerprint density at radius 2 is 2.06 bits per heavy atom. The fourth-order valence-corrected chi connectivity index (χ4v) is 1.75. The minimum Gasteiger partial charge on any atom is -0.381 e. The molecule has 0 aromatic heterocycles. The van der Waals surface area contributed by atoms with E-state index in [0.29, 0.717) is 18.7 Å². The van der Waals surface area contributed by atoms with Crippen molar-refractivity contribution in [1.82, 2.24) is 16.0 Å². The van der Waals surface area contributed by atoms with E-state index in [1.165, 1.54) is 0 Å². The molecule has 6 heteroatoms. The number of nitrogens with one attached hydrogen (secondary N) is 3. The predicted octanol–water partition coefficient (Wildman–Crippen LogP) is -0.0124. The van der Waals surface area contributed by atoms with Crippen LogP contribution in [-0.2, 0) is 9.53 Å². The lowest BCUT2D eigenvalue weighted by Gasteiger charge is -2.36. The second-order valence-electron chi connectivity index (χ2n) is 4.26. The number of carbonyl (C=O) groups is 2. The van der Waals surface area contributed by atoms with Crippen molar-refractivity contribution >= 4 is 11.9 Å². The van der Waals surface area contributed by atoms with Crippen molar-refractivity contribution in [2.45, 2.75) is 44.9 Å². The van der Waals surface area contributed by atoms with Crippen molar-refractivity contribution in [1.29, 1.82) is 0 Å². The summed E-state index contributed by atoms with van der Waals surface area (Å²) >= 11 is 0. The number of ether oxygens (including phenoxy) is 1. The lowest BCUT2D eigenvalue weighted by Crippen LogP contribution is -2.54. The van der Waals surface area contributed by atoms with Gasteiger partial charge in [-0.15, -0.1) is 0 Å². The van der Waals surface area contributed by atoms with Crippen LogP contribution in [0.3, 0.4) is 0 Å². The number of hydrogen-bond donors (Lipinski definition) is 3. The summed E-state index contributed by atoms with van der Waals surface area (Å²) in [5, 5.41) is 7.94. The summed E-state index contributed by atoms with van der Waals surface area (Å²) in [6.45, 7) is 4.04. The molecule has 0 bridgehead atoms. The molecule has 1 saturated carbocycles. The van der Waals surface area contributed by atoms with Crippen LogP contribution in [0, 0.1) is 0 Å². The molecule has 0 heterocycles. The molecule has 1 aliphatic rings. The molecule has 17 heavy (non-hydrogen) atoms. The molecule has 0 aliphatic heterocycles. The Hall–Kier alpha value is -1.14. The summed E-state index contributed by atoms with van der Waals surface area (Å²) < 4.78 is 5.15. The molecule has 3 amide bonds. The SMILES string of the molecule is CCNC(=O)NC(=O)C(C)NC1CC(OC)C1. The van der Waals surface area contributed by atoms with Crippen molar-refractivity contribution in [2.24, 2.45) is 0 Å². The molecule has 0 aromatic rings. The molecular formula is C11H21N3O3. The monoisotopic (exact) mass is 243 g/mol. The molecule has 98 valence electrons. The van der Waals surface area contributed by atoms with Crippen molar-refractivity contribution in [3.05, 3.63) is 0 Å². The van der Waals surface area contributed by atoms with Crippen LogP contribution >= 0.6 is 0 Å². The first-order valence-corrected chi connectivity index (χ1v) is 5.94. The summed E-state index contributed by atoms with van der Waals surface area (Å²) in [7, 11) is 1.69. The van der Waals surface area contributed by atoms with Gasteiger partial charge in [-0.05, 0) is 26.7 Å². The molecule has 0 aromatic carbocycles. The number of imide groups is 1. The zero-order valence-electron chi connectivity index (χ0n) is 10.6. The maximum atomic E-state index is 11.6. The quantitative estimate of drug-likeness (QED) is 0.634. The maximum Gasteiger partial charge on any atom is 0.321 e. The average molecular weight is 243 g/mol. The highest BCUT2D eigenvalue weighted by Gasteiger charge is 2.31. The Balaban J connectivity index is 2.21. The molecule has 0 saturated heterocycles. The molecular weight excluding hydrogens is 222 g/mol. The van der Waals surface area contributed by atoms with Crippen molar-refractivity contribution in [2.75, 3.05) is 13.7 Å². The third-order valence-electron chi connectivity index (χ3n) is 2.88. The molecule has 1 aliphatic carbocycles. The second kappa shape index (κ2) is 6.56. The van der Waals surface area contributed by atoms with E-state index in [2.05, 4.69) is 16.0 Å². The van der Waals surface area contributed by atoms with Gasteiger partial charge in [-0.2, -0.15) is 0 Å². The Labute approximate surface area is 101 Å². The Morgan fingerprint density at radius 1 is 1.41 bits per heavy atom. The second-order valence-corrected chi connectivity index (χ2v) is 4.26. The fraction of sp³-hybridized carbons (Fsp3) is 0.818. The first-order chi connectivity index (χ1) is 8.06. The Morgan fingerprint density at radius 3 is 2.59 bits per heavy atom. The van der Waals surface area contributed by atoms with Gasteiger partial charge in [-0.1, -0.05) is 0 Å². The van der Waals surface area contributed by atoms with Gasteiger partial charge in [0.05, 0.1) is 12.1 Å². The number of methoxy groups -OCH3 is 1. The first kappa shape index (κ1) is 13.9. The highest BCUT2D eigenvalue weighted by atomic mass is 16.5. The average Bonchev–Trinajstić information content (AvgIpc) is 2.22. The van der Waals surface area contributed by atoms with Gasteiger partial charge in [-0.3, -0.25) is 10.1 Å².